The molecule has 0 heterocycles. The molecule has 27 heavy (non-hydrogen) atoms. The SMILES string of the molecule is CCNC(=O)c1ccc(CN=C(N)Nc2c(CC)cccc2CC)cc1.I. The largest absolute Gasteiger partial charge is 0.370 e. The van der Waals surface area contributed by atoms with Crippen molar-refractivity contribution in [1.29, 1.82) is 0 Å². The first-order valence-electron chi connectivity index (χ1n) is 9.13. The summed E-state index contributed by atoms with van der Waals surface area (Å²) in [6.45, 7) is 7.24. The molecule has 146 valence electrons. The third-order valence-corrected chi connectivity index (χ3v) is 4.24. The van der Waals surface area contributed by atoms with Gasteiger partial charge in [0.25, 0.3) is 5.91 Å². The summed E-state index contributed by atoms with van der Waals surface area (Å²) in [5.41, 5.74) is 11.3. The summed E-state index contributed by atoms with van der Waals surface area (Å²) < 4.78 is 0. The number of aliphatic imine (C=N–C) groups is 1. The minimum absolute atomic E-state index is 0. The summed E-state index contributed by atoms with van der Waals surface area (Å²) in [6, 6.07) is 13.7. The van der Waals surface area contributed by atoms with Crippen LogP contribution in [0.15, 0.2) is 47.5 Å². The topological polar surface area (TPSA) is 79.5 Å². The number of halogens is 1. The lowest BCUT2D eigenvalue weighted by Crippen LogP contribution is -2.24. The van der Waals surface area contributed by atoms with Gasteiger partial charge in [-0.15, -0.1) is 24.0 Å². The molecule has 0 radical (unpaired) electrons. The van der Waals surface area contributed by atoms with Crippen LogP contribution >= 0.6 is 24.0 Å². The van der Waals surface area contributed by atoms with E-state index in [1.807, 2.05) is 19.1 Å². The van der Waals surface area contributed by atoms with Crippen molar-refractivity contribution >= 4 is 41.5 Å². The lowest BCUT2D eigenvalue weighted by molar-refractivity contribution is 0.0956. The minimum atomic E-state index is -0.0630. The van der Waals surface area contributed by atoms with E-state index >= 15 is 0 Å². The highest BCUT2D eigenvalue weighted by Crippen LogP contribution is 2.22. The van der Waals surface area contributed by atoms with Gasteiger partial charge in [-0.25, -0.2) is 4.99 Å². The molecule has 2 aromatic rings. The average Bonchev–Trinajstić information content (AvgIpc) is 2.67. The normalized spacial score (nSPS) is 10.9. The number of amides is 1. The Kier molecular flexibility index (Phi) is 9.85. The summed E-state index contributed by atoms with van der Waals surface area (Å²) in [7, 11) is 0. The molecule has 0 aliphatic heterocycles. The fourth-order valence-electron chi connectivity index (χ4n) is 2.77. The molecule has 2 aromatic carbocycles. The van der Waals surface area contributed by atoms with Gasteiger partial charge in [0, 0.05) is 17.8 Å². The Balaban J connectivity index is 0.00000364. The van der Waals surface area contributed by atoms with Crippen molar-refractivity contribution in [3.8, 4) is 0 Å². The van der Waals surface area contributed by atoms with Crippen LogP contribution in [-0.4, -0.2) is 18.4 Å². The summed E-state index contributed by atoms with van der Waals surface area (Å²) in [4.78, 5) is 16.2. The zero-order valence-corrected chi connectivity index (χ0v) is 18.5. The molecule has 0 spiro atoms. The van der Waals surface area contributed by atoms with E-state index in [9.17, 15) is 4.79 Å². The smallest absolute Gasteiger partial charge is 0.251 e. The van der Waals surface area contributed by atoms with Gasteiger partial charge in [0.05, 0.1) is 6.54 Å². The van der Waals surface area contributed by atoms with Crippen molar-refractivity contribution in [3.63, 3.8) is 0 Å². The Bertz CT molecular complexity index is 750. The number of anilines is 1. The Labute approximate surface area is 178 Å². The fourth-order valence-corrected chi connectivity index (χ4v) is 2.77. The number of aryl methyl sites for hydroxylation is 2. The number of guanidine groups is 1. The van der Waals surface area contributed by atoms with Crippen LogP contribution < -0.4 is 16.4 Å². The van der Waals surface area contributed by atoms with Crippen LogP contribution in [0.1, 0.15) is 47.8 Å². The third kappa shape index (κ3) is 6.53. The maximum absolute atomic E-state index is 11.8. The van der Waals surface area contributed by atoms with Gasteiger partial charge in [-0.3, -0.25) is 4.79 Å². The molecule has 0 saturated heterocycles. The number of para-hydroxylation sites is 1. The van der Waals surface area contributed by atoms with Crippen molar-refractivity contribution in [2.45, 2.75) is 40.2 Å². The minimum Gasteiger partial charge on any atom is -0.370 e. The number of benzene rings is 2. The molecular formula is C21H29IN4O. The number of hydrogen-bond donors (Lipinski definition) is 3. The Hall–Kier alpha value is -2.09. The van der Waals surface area contributed by atoms with Gasteiger partial charge < -0.3 is 16.4 Å². The predicted octanol–water partition coefficient (Wildman–Crippen LogP) is 4.11. The summed E-state index contributed by atoms with van der Waals surface area (Å²) >= 11 is 0. The zero-order chi connectivity index (χ0) is 18.9. The van der Waals surface area contributed by atoms with Crippen LogP contribution in [0.2, 0.25) is 0 Å². The molecular weight excluding hydrogens is 451 g/mol. The van der Waals surface area contributed by atoms with Gasteiger partial charge in [0.15, 0.2) is 5.96 Å². The average molecular weight is 480 g/mol. The van der Waals surface area contributed by atoms with Gasteiger partial charge in [-0.1, -0.05) is 44.2 Å². The molecule has 6 heteroatoms. The summed E-state index contributed by atoms with van der Waals surface area (Å²) in [6.07, 6.45) is 1.87. The van der Waals surface area contributed by atoms with Crippen LogP contribution in [0.3, 0.4) is 0 Å². The molecule has 0 saturated carbocycles. The molecule has 0 fully saturated rings. The summed E-state index contributed by atoms with van der Waals surface area (Å²) in [5, 5.41) is 6.05. The van der Waals surface area contributed by atoms with Gasteiger partial charge in [0.2, 0.25) is 0 Å². The van der Waals surface area contributed by atoms with E-state index in [2.05, 4.69) is 47.7 Å². The Morgan fingerprint density at radius 1 is 1.00 bits per heavy atom. The molecule has 0 unspecified atom stereocenters. The number of carbonyl (C=O) groups excluding carboxylic acids is 1. The standard InChI is InChI=1S/C21H28N4O.HI/c1-4-16-8-7-9-17(5-2)19(16)25-21(22)24-14-15-10-12-18(13-11-15)20(26)23-6-3;/h7-13H,4-6,14H2,1-3H3,(H,23,26)(H3,22,24,25);1H. The van der Waals surface area contributed by atoms with Gasteiger partial charge in [0.1, 0.15) is 0 Å². The molecule has 0 atom stereocenters. The lowest BCUT2D eigenvalue weighted by Gasteiger charge is -2.14. The van der Waals surface area contributed by atoms with E-state index in [-0.39, 0.29) is 29.9 Å². The second-order valence-electron chi connectivity index (χ2n) is 6.04. The van der Waals surface area contributed by atoms with Gasteiger partial charge in [-0.05, 0) is 48.6 Å². The zero-order valence-electron chi connectivity index (χ0n) is 16.2. The molecule has 0 bridgehead atoms. The second kappa shape index (κ2) is 11.6. The quantitative estimate of drug-likeness (QED) is 0.317. The van der Waals surface area contributed by atoms with Crippen LogP contribution in [0.5, 0.6) is 0 Å². The first kappa shape index (κ1) is 23.0. The predicted molar refractivity (Wildman–Crippen MR) is 124 cm³/mol. The summed E-state index contributed by atoms with van der Waals surface area (Å²) in [5.74, 6) is 0.334. The van der Waals surface area contributed by atoms with E-state index in [0.717, 1.165) is 24.1 Å². The van der Waals surface area contributed by atoms with Crippen molar-refractivity contribution in [1.82, 2.24) is 5.32 Å². The van der Waals surface area contributed by atoms with Crippen molar-refractivity contribution in [2.75, 3.05) is 11.9 Å². The molecule has 5 nitrogen and oxygen atoms in total. The van der Waals surface area contributed by atoms with E-state index in [1.54, 1.807) is 12.1 Å². The van der Waals surface area contributed by atoms with Crippen molar-refractivity contribution < 1.29 is 4.79 Å². The van der Waals surface area contributed by atoms with Crippen molar-refractivity contribution in [3.05, 3.63) is 64.7 Å². The molecule has 1 amide bonds. The van der Waals surface area contributed by atoms with Crippen LogP contribution in [0.25, 0.3) is 0 Å². The second-order valence-corrected chi connectivity index (χ2v) is 6.04. The van der Waals surface area contributed by atoms with E-state index < -0.39 is 0 Å². The number of rotatable bonds is 7. The lowest BCUT2D eigenvalue weighted by atomic mass is 10.0. The third-order valence-electron chi connectivity index (χ3n) is 4.24. The molecule has 0 aromatic heterocycles. The Morgan fingerprint density at radius 2 is 1.59 bits per heavy atom. The molecule has 0 aliphatic carbocycles. The van der Waals surface area contributed by atoms with Crippen LogP contribution in [-0.2, 0) is 19.4 Å². The highest BCUT2D eigenvalue weighted by Gasteiger charge is 2.07. The van der Waals surface area contributed by atoms with Gasteiger partial charge in [-0.2, -0.15) is 0 Å². The molecule has 2 rings (SSSR count). The fraction of sp³-hybridized carbons (Fsp3) is 0.333. The van der Waals surface area contributed by atoms with Crippen molar-refractivity contribution in [2.24, 2.45) is 10.7 Å². The monoisotopic (exact) mass is 480 g/mol. The molecule has 4 N–H and O–H groups in total. The number of nitrogens with two attached hydrogens (primary N) is 1. The van der Waals surface area contributed by atoms with Crippen LogP contribution in [0, 0.1) is 0 Å². The van der Waals surface area contributed by atoms with E-state index in [0.29, 0.717) is 24.6 Å². The number of nitrogens with zero attached hydrogens (tertiary/aromatic N) is 1. The Morgan fingerprint density at radius 3 is 2.11 bits per heavy atom. The first-order chi connectivity index (χ1) is 12.6. The van der Waals surface area contributed by atoms with Crippen LogP contribution in [0.4, 0.5) is 5.69 Å². The highest BCUT2D eigenvalue weighted by atomic mass is 127. The highest BCUT2D eigenvalue weighted by molar-refractivity contribution is 14.0. The molecule has 0 aliphatic rings. The first-order valence-corrected chi connectivity index (χ1v) is 9.13. The maximum atomic E-state index is 11.8. The maximum Gasteiger partial charge on any atom is 0.251 e. The van der Waals surface area contributed by atoms with E-state index in [4.69, 9.17) is 5.73 Å². The van der Waals surface area contributed by atoms with E-state index in [1.165, 1.54) is 11.1 Å². The number of carbonyl (C=O) groups is 1. The number of hydrogen-bond acceptors (Lipinski definition) is 2. The van der Waals surface area contributed by atoms with Gasteiger partial charge >= 0.3 is 0 Å². The number of nitrogens with one attached hydrogen (secondary N) is 2.